The molecule has 1 saturated heterocycles. The number of hydrogen-bond acceptors (Lipinski definition) is 4. The van der Waals surface area contributed by atoms with E-state index in [1.165, 1.54) is 24.2 Å². The van der Waals surface area contributed by atoms with Crippen LogP contribution in [-0.2, 0) is 4.74 Å². The smallest absolute Gasteiger partial charge is 0.261 e. The SMILES string of the molecule is O=C(NCCC1CCCCO1)c1cc(S)cs1. The molecule has 2 rings (SSSR count). The summed E-state index contributed by atoms with van der Waals surface area (Å²) in [5, 5.41) is 4.78. The van der Waals surface area contributed by atoms with Gasteiger partial charge < -0.3 is 10.1 Å². The molecule has 0 radical (unpaired) electrons. The molecule has 3 nitrogen and oxygen atoms in total. The fourth-order valence-corrected chi connectivity index (χ4v) is 2.98. The third-order valence-electron chi connectivity index (χ3n) is 2.84. The van der Waals surface area contributed by atoms with Crippen molar-refractivity contribution in [1.29, 1.82) is 0 Å². The van der Waals surface area contributed by atoms with E-state index in [-0.39, 0.29) is 5.91 Å². The van der Waals surface area contributed by atoms with E-state index in [9.17, 15) is 4.79 Å². The minimum absolute atomic E-state index is 0.00823. The fraction of sp³-hybridized carbons (Fsp3) is 0.583. The summed E-state index contributed by atoms with van der Waals surface area (Å²) in [6.07, 6.45) is 4.77. The van der Waals surface area contributed by atoms with Crippen LogP contribution in [0.4, 0.5) is 0 Å². The Morgan fingerprint density at radius 3 is 3.12 bits per heavy atom. The van der Waals surface area contributed by atoms with Gasteiger partial charge in [0.25, 0.3) is 5.91 Å². The summed E-state index contributed by atoms with van der Waals surface area (Å²) in [6, 6.07) is 1.79. The molecule has 17 heavy (non-hydrogen) atoms. The Hall–Kier alpha value is -0.520. The van der Waals surface area contributed by atoms with E-state index in [2.05, 4.69) is 17.9 Å². The van der Waals surface area contributed by atoms with E-state index < -0.39 is 0 Å². The molecule has 1 aromatic rings. The van der Waals surface area contributed by atoms with Gasteiger partial charge in [0.1, 0.15) is 0 Å². The summed E-state index contributed by atoms with van der Waals surface area (Å²) in [4.78, 5) is 13.3. The van der Waals surface area contributed by atoms with E-state index in [4.69, 9.17) is 4.74 Å². The molecule has 0 aromatic carbocycles. The third kappa shape index (κ3) is 4.01. The Morgan fingerprint density at radius 1 is 1.59 bits per heavy atom. The van der Waals surface area contributed by atoms with Crippen molar-refractivity contribution in [2.24, 2.45) is 0 Å². The molecule has 1 aliphatic heterocycles. The van der Waals surface area contributed by atoms with Gasteiger partial charge in [0.15, 0.2) is 0 Å². The van der Waals surface area contributed by atoms with E-state index in [1.54, 1.807) is 6.07 Å². The van der Waals surface area contributed by atoms with Gasteiger partial charge in [0, 0.05) is 23.4 Å². The van der Waals surface area contributed by atoms with Crippen molar-refractivity contribution in [2.45, 2.75) is 36.7 Å². The van der Waals surface area contributed by atoms with Crippen molar-refractivity contribution in [2.75, 3.05) is 13.2 Å². The van der Waals surface area contributed by atoms with E-state index in [0.29, 0.717) is 12.6 Å². The maximum atomic E-state index is 11.7. The Labute approximate surface area is 111 Å². The first kappa shape index (κ1) is 12.9. The van der Waals surface area contributed by atoms with Crippen LogP contribution < -0.4 is 5.32 Å². The second-order valence-electron chi connectivity index (χ2n) is 4.20. The van der Waals surface area contributed by atoms with Gasteiger partial charge in [-0.1, -0.05) is 0 Å². The number of ether oxygens (including phenoxy) is 1. The van der Waals surface area contributed by atoms with Crippen LogP contribution in [0.3, 0.4) is 0 Å². The average molecular weight is 271 g/mol. The van der Waals surface area contributed by atoms with Crippen molar-refractivity contribution in [3.8, 4) is 0 Å². The topological polar surface area (TPSA) is 38.3 Å². The summed E-state index contributed by atoms with van der Waals surface area (Å²) in [7, 11) is 0. The Morgan fingerprint density at radius 2 is 2.47 bits per heavy atom. The van der Waals surface area contributed by atoms with Gasteiger partial charge >= 0.3 is 0 Å². The van der Waals surface area contributed by atoms with Crippen molar-refractivity contribution in [3.05, 3.63) is 16.3 Å². The van der Waals surface area contributed by atoms with E-state index >= 15 is 0 Å². The molecule has 1 aromatic heterocycles. The van der Waals surface area contributed by atoms with Gasteiger partial charge in [0.05, 0.1) is 11.0 Å². The van der Waals surface area contributed by atoms with Gasteiger partial charge in [-0.2, -0.15) is 0 Å². The maximum Gasteiger partial charge on any atom is 0.261 e. The largest absolute Gasteiger partial charge is 0.378 e. The predicted octanol–water partition coefficient (Wildman–Crippen LogP) is 2.73. The molecule has 1 unspecified atom stereocenters. The lowest BCUT2D eigenvalue weighted by atomic mass is 10.1. The number of thiophene rings is 1. The summed E-state index contributed by atoms with van der Waals surface area (Å²) >= 11 is 5.61. The standard InChI is InChI=1S/C12H17NO2S2/c14-12(11-7-10(16)8-17-11)13-5-4-9-3-1-2-6-15-9/h7-9,16H,1-6H2,(H,13,14). The Bertz CT molecular complexity index is 372. The highest BCUT2D eigenvalue weighted by Gasteiger charge is 2.14. The second-order valence-corrected chi connectivity index (χ2v) is 5.63. The van der Waals surface area contributed by atoms with Crippen LogP contribution in [0.15, 0.2) is 16.3 Å². The second kappa shape index (κ2) is 6.42. The van der Waals surface area contributed by atoms with Crippen LogP contribution in [-0.4, -0.2) is 25.2 Å². The summed E-state index contributed by atoms with van der Waals surface area (Å²) in [6.45, 7) is 1.55. The van der Waals surface area contributed by atoms with Crippen LogP contribution in [0.2, 0.25) is 0 Å². The van der Waals surface area contributed by atoms with Crippen LogP contribution in [0.5, 0.6) is 0 Å². The fourth-order valence-electron chi connectivity index (χ4n) is 1.91. The Balaban J connectivity index is 1.69. The quantitative estimate of drug-likeness (QED) is 0.826. The third-order valence-corrected chi connectivity index (χ3v) is 4.20. The monoisotopic (exact) mass is 271 g/mol. The molecule has 5 heteroatoms. The Kier molecular flexibility index (Phi) is 4.88. The van der Waals surface area contributed by atoms with Crippen LogP contribution in [0.25, 0.3) is 0 Å². The summed E-state index contributed by atoms with van der Waals surface area (Å²) in [5.74, 6) is -0.00823. The minimum Gasteiger partial charge on any atom is -0.378 e. The van der Waals surface area contributed by atoms with Gasteiger partial charge in [0.2, 0.25) is 0 Å². The zero-order chi connectivity index (χ0) is 12.1. The minimum atomic E-state index is -0.00823. The number of amides is 1. The number of nitrogens with one attached hydrogen (secondary N) is 1. The highest BCUT2D eigenvalue weighted by molar-refractivity contribution is 7.80. The molecule has 0 aliphatic carbocycles. The highest BCUT2D eigenvalue weighted by atomic mass is 32.1. The van der Waals surface area contributed by atoms with E-state index in [0.717, 1.165) is 29.2 Å². The molecule has 0 spiro atoms. The van der Waals surface area contributed by atoms with Crippen LogP contribution in [0, 0.1) is 0 Å². The average Bonchev–Trinajstić information content (AvgIpc) is 2.77. The van der Waals surface area contributed by atoms with Crippen molar-refractivity contribution in [3.63, 3.8) is 0 Å². The van der Waals surface area contributed by atoms with Crippen LogP contribution in [0.1, 0.15) is 35.4 Å². The lowest BCUT2D eigenvalue weighted by molar-refractivity contribution is 0.0117. The van der Waals surface area contributed by atoms with Gasteiger partial charge in [-0.3, -0.25) is 4.79 Å². The predicted molar refractivity (Wildman–Crippen MR) is 72.1 cm³/mol. The number of thiol groups is 1. The highest BCUT2D eigenvalue weighted by Crippen LogP contribution is 2.18. The van der Waals surface area contributed by atoms with Gasteiger partial charge in [-0.25, -0.2) is 0 Å². The number of carbonyl (C=O) groups is 1. The lowest BCUT2D eigenvalue weighted by Crippen LogP contribution is -2.28. The van der Waals surface area contributed by atoms with Crippen LogP contribution >= 0.6 is 24.0 Å². The first-order chi connectivity index (χ1) is 8.25. The maximum absolute atomic E-state index is 11.7. The van der Waals surface area contributed by atoms with Gasteiger partial charge in [-0.05, 0) is 31.7 Å². The molecule has 1 amide bonds. The lowest BCUT2D eigenvalue weighted by Gasteiger charge is -2.22. The molecular formula is C12H17NO2S2. The van der Waals surface area contributed by atoms with E-state index in [1.807, 2.05) is 5.38 Å². The normalized spacial score (nSPS) is 20.2. The molecule has 1 N–H and O–H groups in total. The number of hydrogen-bond donors (Lipinski definition) is 2. The van der Waals surface area contributed by atoms with Crippen molar-refractivity contribution in [1.82, 2.24) is 5.32 Å². The molecular weight excluding hydrogens is 254 g/mol. The summed E-state index contributed by atoms with van der Waals surface area (Å²) in [5.41, 5.74) is 0. The number of rotatable bonds is 4. The molecule has 1 atom stereocenters. The zero-order valence-corrected chi connectivity index (χ0v) is 11.4. The first-order valence-corrected chi connectivity index (χ1v) is 7.25. The molecule has 0 bridgehead atoms. The van der Waals surface area contributed by atoms with Gasteiger partial charge in [-0.15, -0.1) is 24.0 Å². The molecule has 2 heterocycles. The molecule has 0 saturated carbocycles. The van der Waals surface area contributed by atoms with Crippen molar-refractivity contribution < 1.29 is 9.53 Å². The number of carbonyl (C=O) groups excluding carboxylic acids is 1. The molecule has 94 valence electrons. The molecule has 1 fully saturated rings. The van der Waals surface area contributed by atoms with Crippen molar-refractivity contribution >= 4 is 29.9 Å². The first-order valence-electron chi connectivity index (χ1n) is 5.93. The molecule has 1 aliphatic rings. The zero-order valence-electron chi connectivity index (χ0n) is 9.65. The summed E-state index contributed by atoms with van der Waals surface area (Å²) < 4.78 is 5.61.